The van der Waals surface area contributed by atoms with Crippen molar-refractivity contribution in [3.8, 4) is 0 Å². The number of pyridine rings is 1. The van der Waals surface area contributed by atoms with E-state index >= 15 is 0 Å². The number of nitrogens with one attached hydrogen (secondary N) is 2. The molecule has 0 bridgehead atoms. The van der Waals surface area contributed by atoms with E-state index in [0.29, 0.717) is 22.2 Å². The molecule has 3 heterocycles. The van der Waals surface area contributed by atoms with E-state index in [2.05, 4.69) is 21.8 Å². The molecule has 0 fully saturated rings. The smallest absolute Gasteiger partial charge is 0.305 e. The number of hydrogen-bond acceptors (Lipinski definition) is 6. The van der Waals surface area contributed by atoms with Crippen LogP contribution in [0.1, 0.15) is 58.2 Å². The lowest BCUT2D eigenvalue weighted by atomic mass is 10.0. The third-order valence-electron chi connectivity index (χ3n) is 5.98. The molecule has 1 unspecified atom stereocenters. The molecule has 4 rings (SSSR count). The number of fused-ring (bicyclic) bond motifs is 1. The molecule has 2 aromatic heterocycles. The highest BCUT2D eigenvalue weighted by atomic mass is 35.5. The minimum atomic E-state index is -1.10. The molecular formula is C25H27Cl2N5O4. The summed E-state index contributed by atoms with van der Waals surface area (Å²) in [7, 11) is 0. The fourth-order valence-electron chi connectivity index (χ4n) is 4.25. The Morgan fingerprint density at radius 2 is 1.97 bits per heavy atom. The molecule has 3 aromatic rings. The van der Waals surface area contributed by atoms with Crippen molar-refractivity contribution in [2.75, 3.05) is 11.9 Å². The van der Waals surface area contributed by atoms with Crippen molar-refractivity contribution >= 4 is 40.9 Å². The molecule has 36 heavy (non-hydrogen) atoms. The number of anilines is 1. The molecule has 1 atom stereocenters. The van der Waals surface area contributed by atoms with Gasteiger partial charge in [-0.05, 0) is 61.1 Å². The minimum Gasteiger partial charge on any atom is -0.481 e. The molecule has 190 valence electrons. The van der Waals surface area contributed by atoms with Crippen LogP contribution >= 0.6 is 23.2 Å². The zero-order valence-corrected chi connectivity index (χ0v) is 21.0. The second kappa shape index (κ2) is 11.7. The maximum absolute atomic E-state index is 13.1. The fraction of sp³-hybridized carbons (Fsp3) is 0.360. The molecule has 4 N–H and O–H groups in total. The second-order valence-corrected chi connectivity index (χ2v) is 9.55. The first-order chi connectivity index (χ1) is 17.3. The van der Waals surface area contributed by atoms with E-state index in [9.17, 15) is 19.8 Å². The van der Waals surface area contributed by atoms with Crippen LogP contribution in [0.5, 0.6) is 0 Å². The van der Waals surface area contributed by atoms with Crippen LogP contribution in [0.25, 0.3) is 0 Å². The molecule has 1 aromatic carbocycles. The minimum absolute atomic E-state index is 0.178. The van der Waals surface area contributed by atoms with Gasteiger partial charge in [-0.3, -0.25) is 14.3 Å². The third kappa shape index (κ3) is 6.54. The van der Waals surface area contributed by atoms with Gasteiger partial charge >= 0.3 is 5.97 Å². The van der Waals surface area contributed by atoms with Gasteiger partial charge in [0.15, 0.2) is 0 Å². The number of benzene rings is 1. The van der Waals surface area contributed by atoms with Crippen molar-refractivity contribution in [3.05, 3.63) is 74.7 Å². The van der Waals surface area contributed by atoms with E-state index in [4.69, 9.17) is 28.2 Å². The zero-order valence-electron chi connectivity index (χ0n) is 19.5. The normalized spacial score (nSPS) is 13.5. The van der Waals surface area contributed by atoms with Crippen molar-refractivity contribution in [1.82, 2.24) is 20.1 Å². The van der Waals surface area contributed by atoms with E-state index < -0.39 is 24.5 Å². The van der Waals surface area contributed by atoms with Gasteiger partial charge in [0, 0.05) is 35.0 Å². The standard InChI is InChI=1S/C25H27Cl2N5O4/c26-17-9-16(10-18(27)11-17)21(12-23(34)35)30-25(36)20-13-32(31-22(20)14-33)8-2-4-19-6-5-15-3-1-7-28-24(15)29-19/h5-6,9-11,13,21,33H,1-4,7-8,12,14H2,(H,28,29)(H,30,36)(H,34,35). The summed E-state index contributed by atoms with van der Waals surface area (Å²) in [5.41, 5.74) is 3.07. The van der Waals surface area contributed by atoms with Crippen molar-refractivity contribution < 1.29 is 19.8 Å². The van der Waals surface area contributed by atoms with Crippen LogP contribution in [-0.2, 0) is 30.8 Å². The number of aryl methyl sites for hydroxylation is 3. The summed E-state index contributed by atoms with van der Waals surface area (Å²) < 4.78 is 1.61. The molecule has 1 amide bonds. The van der Waals surface area contributed by atoms with Crippen LogP contribution in [0, 0.1) is 0 Å². The van der Waals surface area contributed by atoms with Gasteiger partial charge in [0.2, 0.25) is 0 Å². The van der Waals surface area contributed by atoms with Crippen LogP contribution in [-0.4, -0.2) is 43.4 Å². The van der Waals surface area contributed by atoms with Gasteiger partial charge < -0.3 is 20.8 Å². The SMILES string of the molecule is O=C(O)CC(NC(=O)c1cn(CCCc2ccc3c(n2)NCCC3)nc1CO)c1cc(Cl)cc(Cl)c1. The number of rotatable bonds is 10. The Hall–Kier alpha value is -3.14. The zero-order chi connectivity index (χ0) is 25.7. The van der Waals surface area contributed by atoms with E-state index in [1.165, 1.54) is 11.6 Å². The quantitative estimate of drug-likeness (QED) is 0.311. The van der Waals surface area contributed by atoms with Crippen LogP contribution < -0.4 is 10.6 Å². The third-order valence-corrected chi connectivity index (χ3v) is 6.41. The summed E-state index contributed by atoms with van der Waals surface area (Å²) in [5.74, 6) is -0.688. The Bertz CT molecular complexity index is 1240. The van der Waals surface area contributed by atoms with Crippen molar-refractivity contribution in [1.29, 1.82) is 0 Å². The van der Waals surface area contributed by atoms with E-state index in [-0.39, 0.29) is 17.7 Å². The van der Waals surface area contributed by atoms with E-state index in [0.717, 1.165) is 43.7 Å². The van der Waals surface area contributed by atoms with E-state index in [1.54, 1.807) is 23.0 Å². The Labute approximate surface area is 218 Å². The van der Waals surface area contributed by atoms with Crippen LogP contribution in [0.15, 0.2) is 36.5 Å². The van der Waals surface area contributed by atoms with Crippen molar-refractivity contribution in [3.63, 3.8) is 0 Å². The Balaban J connectivity index is 1.43. The molecule has 0 radical (unpaired) electrons. The molecular weight excluding hydrogens is 505 g/mol. The fourth-order valence-corrected chi connectivity index (χ4v) is 4.79. The highest BCUT2D eigenvalue weighted by Gasteiger charge is 2.23. The maximum Gasteiger partial charge on any atom is 0.305 e. The molecule has 0 aliphatic carbocycles. The summed E-state index contributed by atoms with van der Waals surface area (Å²) in [6, 6.07) is 7.92. The lowest BCUT2D eigenvalue weighted by Crippen LogP contribution is -2.30. The highest BCUT2D eigenvalue weighted by Crippen LogP contribution is 2.26. The summed E-state index contributed by atoms with van der Waals surface area (Å²) in [5, 5.41) is 30.2. The number of hydrogen-bond donors (Lipinski definition) is 4. The van der Waals surface area contributed by atoms with Gasteiger partial charge in [-0.25, -0.2) is 4.98 Å². The van der Waals surface area contributed by atoms with Crippen molar-refractivity contribution in [2.45, 2.75) is 51.3 Å². The molecule has 0 spiro atoms. The summed E-state index contributed by atoms with van der Waals surface area (Å²) in [4.78, 5) is 29.2. The Morgan fingerprint density at radius 3 is 2.69 bits per heavy atom. The molecule has 9 nitrogen and oxygen atoms in total. The first-order valence-corrected chi connectivity index (χ1v) is 12.5. The number of aliphatic hydroxyl groups excluding tert-OH is 1. The topological polar surface area (TPSA) is 129 Å². The number of carboxylic acid groups (broad SMARTS) is 1. The van der Waals surface area contributed by atoms with Crippen LogP contribution in [0.3, 0.4) is 0 Å². The van der Waals surface area contributed by atoms with E-state index in [1.807, 2.05) is 6.07 Å². The average Bonchev–Trinajstić information content (AvgIpc) is 3.26. The molecule has 11 heteroatoms. The number of carbonyl (C=O) groups is 2. The number of carbonyl (C=O) groups excluding carboxylic acids is 1. The number of aromatic nitrogens is 3. The predicted molar refractivity (Wildman–Crippen MR) is 136 cm³/mol. The van der Waals surface area contributed by atoms with Gasteiger partial charge in [0.1, 0.15) is 11.5 Å². The Kier molecular flexibility index (Phi) is 8.45. The summed E-state index contributed by atoms with van der Waals surface area (Å²) in [6.45, 7) is 1.03. The molecule has 0 saturated carbocycles. The number of halogens is 2. The number of nitrogens with zero attached hydrogens (tertiary/aromatic N) is 3. The average molecular weight is 532 g/mol. The van der Waals surface area contributed by atoms with Gasteiger partial charge in [-0.15, -0.1) is 0 Å². The summed E-state index contributed by atoms with van der Waals surface area (Å²) in [6.07, 6.45) is 4.82. The summed E-state index contributed by atoms with van der Waals surface area (Å²) >= 11 is 12.1. The maximum atomic E-state index is 13.1. The first kappa shape index (κ1) is 25.9. The Morgan fingerprint density at radius 1 is 1.19 bits per heavy atom. The lowest BCUT2D eigenvalue weighted by Gasteiger charge is -2.18. The van der Waals surface area contributed by atoms with Crippen LogP contribution in [0.2, 0.25) is 10.0 Å². The highest BCUT2D eigenvalue weighted by molar-refractivity contribution is 6.34. The first-order valence-electron chi connectivity index (χ1n) is 11.7. The van der Waals surface area contributed by atoms with Gasteiger partial charge in [-0.1, -0.05) is 29.3 Å². The number of amides is 1. The number of carboxylic acids is 1. The number of aliphatic carboxylic acids is 1. The molecule has 1 aliphatic heterocycles. The molecule has 0 saturated heterocycles. The molecule has 1 aliphatic rings. The van der Waals surface area contributed by atoms with Gasteiger partial charge in [0.25, 0.3) is 5.91 Å². The second-order valence-electron chi connectivity index (χ2n) is 8.68. The monoisotopic (exact) mass is 531 g/mol. The predicted octanol–water partition coefficient (Wildman–Crippen LogP) is 4.01. The lowest BCUT2D eigenvalue weighted by molar-refractivity contribution is -0.137. The van der Waals surface area contributed by atoms with Crippen LogP contribution in [0.4, 0.5) is 5.82 Å². The van der Waals surface area contributed by atoms with Crippen molar-refractivity contribution in [2.24, 2.45) is 0 Å². The van der Waals surface area contributed by atoms with Gasteiger partial charge in [-0.2, -0.15) is 5.10 Å². The largest absolute Gasteiger partial charge is 0.481 e. The number of aliphatic hydroxyl groups is 1. The van der Waals surface area contributed by atoms with Gasteiger partial charge in [0.05, 0.1) is 24.6 Å².